The molecule has 0 aromatic carbocycles. The Kier molecular flexibility index (Phi) is 3.88. The first-order chi connectivity index (χ1) is 8.01. The third-order valence-corrected chi connectivity index (χ3v) is 4.58. The van der Waals surface area contributed by atoms with Gasteiger partial charge in [0, 0.05) is 28.4 Å². The van der Waals surface area contributed by atoms with Crippen molar-refractivity contribution in [2.24, 2.45) is 0 Å². The Morgan fingerprint density at radius 2 is 2.00 bits per heavy atom. The summed E-state index contributed by atoms with van der Waals surface area (Å²) in [6.45, 7) is 9.61. The van der Waals surface area contributed by atoms with Crippen LogP contribution in [0.5, 0.6) is 0 Å². The summed E-state index contributed by atoms with van der Waals surface area (Å²) < 4.78 is 5.36. The second-order valence-corrected chi connectivity index (χ2v) is 6.42. The van der Waals surface area contributed by atoms with Gasteiger partial charge in [-0.2, -0.15) is 0 Å². The number of thiophene rings is 1. The van der Waals surface area contributed by atoms with Gasteiger partial charge in [0.15, 0.2) is 0 Å². The minimum Gasteiger partial charge on any atom is -0.386 e. The van der Waals surface area contributed by atoms with E-state index in [-0.39, 0.29) is 5.54 Å². The molecule has 4 heteroatoms. The molecule has 0 radical (unpaired) electrons. The van der Waals surface area contributed by atoms with Gasteiger partial charge < -0.3 is 9.84 Å². The van der Waals surface area contributed by atoms with Gasteiger partial charge in [-0.05, 0) is 32.9 Å². The molecule has 0 saturated carbocycles. The van der Waals surface area contributed by atoms with Crippen molar-refractivity contribution in [3.8, 4) is 0 Å². The summed E-state index contributed by atoms with van der Waals surface area (Å²) in [4.78, 5) is 4.62. The first-order valence-electron chi connectivity index (χ1n) is 6.09. The summed E-state index contributed by atoms with van der Waals surface area (Å²) >= 11 is 1.68. The molecule has 1 unspecified atom stereocenters. The highest BCUT2D eigenvalue weighted by Crippen LogP contribution is 2.34. The molecule has 1 fully saturated rings. The maximum Gasteiger partial charge on any atom is 0.106 e. The normalized spacial score (nSPS) is 20.5. The standard InChI is InChI=1S/C13H21NO2S/c1-10-4-5-11(17-10)12(15)13(2,3)14-6-8-16-9-7-14/h4-5,12,15H,6-9H2,1-3H3. The Bertz CT molecular complexity index is 369. The first-order valence-corrected chi connectivity index (χ1v) is 6.90. The highest BCUT2D eigenvalue weighted by atomic mass is 32.1. The maximum atomic E-state index is 10.5. The Labute approximate surface area is 107 Å². The summed E-state index contributed by atoms with van der Waals surface area (Å²) in [6.07, 6.45) is -0.431. The van der Waals surface area contributed by atoms with Gasteiger partial charge in [0.05, 0.1) is 13.2 Å². The average Bonchev–Trinajstić information content (AvgIpc) is 2.76. The molecule has 1 N–H and O–H groups in total. The number of aryl methyl sites for hydroxylation is 1. The van der Waals surface area contributed by atoms with E-state index >= 15 is 0 Å². The average molecular weight is 255 g/mol. The molecule has 17 heavy (non-hydrogen) atoms. The van der Waals surface area contributed by atoms with Gasteiger partial charge >= 0.3 is 0 Å². The minimum atomic E-state index is -0.431. The fourth-order valence-corrected chi connectivity index (χ4v) is 3.31. The maximum absolute atomic E-state index is 10.5. The van der Waals surface area contributed by atoms with E-state index in [1.165, 1.54) is 4.88 Å². The molecule has 1 aromatic rings. The van der Waals surface area contributed by atoms with Crippen LogP contribution in [-0.2, 0) is 4.74 Å². The van der Waals surface area contributed by atoms with E-state index in [4.69, 9.17) is 4.74 Å². The van der Waals surface area contributed by atoms with E-state index < -0.39 is 6.10 Å². The van der Waals surface area contributed by atoms with Gasteiger partial charge in [0.25, 0.3) is 0 Å². The Morgan fingerprint density at radius 3 is 2.53 bits per heavy atom. The molecule has 2 heterocycles. The zero-order chi connectivity index (χ0) is 12.5. The van der Waals surface area contributed by atoms with E-state index in [1.807, 2.05) is 6.07 Å². The lowest BCUT2D eigenvalue weighted by Gasteiger charge is -2.43. The molecular weight excluding hydrogens is 234 g/mol. The molecule has 1 aromatic heterocycles. The van der Waals surface area contributed by atoms with E-state index in [0.29, 0.717) is 0 Å². The second kappa shape index (κ2) is 5.06. The lowest BCUT2D eigenvalue weighted by atomic mass is 9.93. The number of hydrogen-bond donors (Lipinski definition) is 1. The van der Waals surface area contributed by atoms with Crippen LogP contribution in [-0.4, -0.2) is 41.8 Å². The monoisotopic (exact) mass is 255 g/mol. The van der Waals surface area contributed by atoms with Crippen LogP contribution in [0.25, 0.3) is 0 Å². The first kappa shape index (κ1) is 13.0. The van der Waals surface area contributed by atoms with Gasteiger partial charge in [0.2, 0.25) is 0 Å². The van der Waals surface area contributed by atoms with Gasteiger partial charge in [-0.3, -0.25) is 4.90 Å². The number of nitrogens with zero attached hydrogens (tertiary/aromatic N) is 1. The molecule has 1 atom stereocenters. The number of aliphatic hydroxyl groups excluding tert-OH is 1. The summed E-state index contributed by atoms with van der Waals surface area (Å²) in [5.74, 6) is 0. The van der Waals surface area contributed by atoms with Crippen molar-refractivity contribution in [3.63, 3.8) is 0 Å². The second-order valence-electron chi connectivity index (χ2n) is 5.10. The molecule has 0 aliphatic carbocycles. The Balaban J connectivity index is 2.13. The van der Waals surface area contributed by atoms with Crippen LogP contribution in [0.15, 0.2) is 12.1 Å². The lowest BCUT2D eigenvalue weighted by Crippen LogP contribution is -2.53. The minimum absolute atomic E-state index is 0.235. The third-order valence-electron chi connectivity index (χ3n) is 3.53. The number of ether oxygens (including phenoxy) is 1. The molecule has 0 bridgehead atoms. The molecular formula is C13H21NO2S. The fraction of sp³-hybridized carbons (Fsp3) is 0.692. The topological polar surface area (TPSA) is 32.7 Å². The lowest BCUT2D eigenvalue weighted by molar-refractivity contribution is -0.0619. The SMILES string of the molecule is Cc1ccc(C(O)C(C)(C)N2CCOCC2)s1. The van der Waals surface area contributed by atoms with Crippen LogP contribution in [0.3, 0.4) is 0 Å². The van der Waals surface area contributed by atoms with Crippen molar-refractivity contribution in [3.05, 3.63) is 21.9 Å². The van der Waals surface area contributed by atoms with Crippen molar-refractivity contribution < 1.29 is 9.84 Å². The van der Waals surface area contributed by atoms with Crippen molar-refractivity contribution in [1.29, 1.82) is 0 Å². The molecule has 1 aliphatic rings. The zero-order valence-corrected chi connectivity index (χ0v) is 11.6. The summed E-state index contributed by atoms with van der Waals surface area (Å²) in [5.41, 5.74) is -0.235. The van der Waals surface area contributed by atoms with Crippen LogP contribution in [0, 0.1) is 6.92 Å². The predicted octanol–water partition coefficient (Wildman–Crippen LogP) is 2.20. The predicted molar refractivity (Wildman–Crippen MR) is 70.5 cm³/mol. The summed E-state index contributed by atoms with van der Waals surface area (Å²) in [5, 5.41) is 10.5. The van der Waals surface area contributed by atoms with E-state index in [9.17, 15) is 5.11 Å². The van der Waals surface area contributed by atoms with Gasteiger partial charge in [0.1, 0.15) is 6.10 Å². The van der Waals surface area contributed by atoms with Crippen molar-refractivity contribution in [2.45, 2.75) is 32.4 Å². The third kappa shape index (κ3) is 2.71. The molecule has 1 aliphatic heterocycles. The highest BCUT2D eigenvalue weighted by Gasteiger charge is 2.36. The van der Waals surface area contributed by atoms with E-state index in [0.717, 1.165) is 31.2 Å². The Morgan fingerprint density at radius 1 is 1.35 bits per heavy atom. The number of rotatable bonds is 3. The quantitative estimate of drug-likeness (QED) is 0.899. The number of morpholine rings is 1. The van der Waals surface area contributed by atoms with Crippen LogP contribution < -0.4 is 0 Å². The number of aliphatic hydroxyl groups is 1. The van der Waals surface area contributed by atoms with E-state index in [2.05, 4.69) is 31.7 Å². The van der Waals surface area contributed by atoms with Crippen LogP contribution in [0.1, 0.15) is 29.7 Å². The molecule has 3 nitrogen and oxygen atoms in total. The summed E-state index contributed by atoms with van der Waals surface area (Å²) in [7, 11) is 0. The van der Waals surface area contributed by atoms with Crippen molar-refractivity contribution in [1.82, 2.24) is 4.90 Å². The van der Waals surface area contributed by atoms with Gasteiger partial charge in [-0.1, -0.05) is 0 Å². The highest BCUT2D eigenvalue weighted by molar-refractivity contribution is 7.12. The van der Waals surface area contributed by atoms with E-state index in [1.54, 1.807) is 11.3 Å². The largest absolute Gasteiger partial charge is 0.386 e. The molecule has 1 saturated heterocycles. The van der Waals surface area contributed by atoms with Gasteiger partial charge in [-0.15, -0.1) is 11.3 Å². The van der Waals surface area contributed by atoms with Gasteiger partial charge in [-0.25, -0.2) is 0 Å². The molecule has 0 spiro atoms. The molecule has 0 amide bonds. The van der Waals surface area contributed by atoms with Crippen molar-refractivity contribution in [2.75, 3.05) is 26.3 Å². The van der Waals surface area contributed by atoms with Crippen LogP contribution in [0.4, 0.5) is 0 Å². The fourth-order valence-electron chi connectivity index (χ4n) is 2.26. The molecule has 96 valence electrons. The smallest absolute Gasteiger partial charge is 0.106 e. The van der Waals surface area contributed by atoms with Crippen LogP contribution in [0.2, 0.25) is 0 Å². The Hall–Kier alpha value is -0.420. The molecule has 2 rings (SSSR count). The zero-order valence-electron chi connectivity index (χ0n) is 10.8. The summed E-state index contributed by atoms with van der Waals surface area (Å²) in [6, 6.07) is 4.10. The number of hydrogen-bond acceptors (Lipinski definition) is 4. The van der Waals surface area contributed by atoms with Crippen molar-refractivity contribution >= 4 is 11.3 Å². The van der Waals surface area contributed by atoms with Crippen LogP contribution >= 0.6 is 11.3 Å².